The second-order valence-corrected chi connectivity index (χ2v) is 7.54. The van der Waals surface area contributed by atoms with Crippen LogP contribution >= 0.6 is 0 Å². The molecule has 1 fully saturated rings. The summed E-state index contributed by atoms with van der Waals surface area (Å²) in [6, 6.07) is 13.6. The summed E-state index contributed by atoms with van der Waals surface area (Å²) in [6.45, 7) is 0.252. The quantitative estimate of drug-likeness (QED) is 0.859. The molecule has 1 atom stereocenters. The lowest BCUT2D eigenvalue weighted by molar-refractivity contribution is 0.555. The van der Waals surface area contributed by atoms with Crippen molar-refractivity contribution in [2.45, 2.75) is 18.9 Å². The van der Waals surface area contributed by atoms with Gasteiger partial charge >= 0.3 is 0 Å². The van der Waals surface area contributed by atoms with Crippen molar-refractivity contribution in [3.05, 3.63) is 48.0 Å². The number of fused-ring (bicyclic) bond motifs is 1. The third kappa shape index (κ3) is 3.61. The maximum atomic E-state index is 12.1. The minimum Gasteiger partial charge on any atom is -0.329 e. The summed E-state index contributed by atoms with van der Waals surface area (Å²) in [4.78, 5) is 0. The SMILES string of the molecule is NCC(NS(=O)(=O)CC1CC1)c1ccc2ccccc2c1. The van der Waals surface area contributed by atoms with E-state index in [1.807, 2.05) is 42.5 Å². The molecule has 1 aliphatic rings. The summed E-state index contributed by atoms with van der Waals surface area (Å²) in [6.07, 6.45) is 2.04. The smallest absolute Gasteiger partial charge is 0.212 e. The molecule has 0 spiro atoms. The van der Waals surface area contributed by atoms with Crippen LogP contribution in [-0.4, -0.2) is 20.7 Å². The molecule has 3 rings (SSSR count). The molecular weight excluding hydrogens is 284 g/mol. The van der Waals surface area contributed by atoms with E-state index in [-0.39, 0.29) is 18.3 Å². The van der Waals surface area contributed by atoms with Gasteiger partial charge < -0.3 is 5.73 Å². The maximum absolute atomic E-state index is 12.1. The second kappa shape index (κ2) is 5.75. The van der Waals surface area contributed by atoms with E-state index in [9.17, 15) is 8.42 Å². The molecule has 0 amide bonds. The molecule has 4 nitrogen and oxygen atoms in total. The Labute approximate surface area is 125 Å². The molecule has 0 bridgehead atoms. The number of hydrogen-bond acceptors (Lipinski definition) is 3. The van der Waals surface area contributed by atoms with E-state index in [0.29, 0.717) is 5.92 Å². The standard InChI is InChI=1S/C16H20N2O2S/c17-10-16(18-21(19,20)11-12-5-6-12)15-8-7-13-3-1-2-4-14(13)9-15/h1-4,7-9,12,16,18H,5-6,10-11,17H2. The average Bonchev–Trinajstić information content (AvgIpc) is 3.27. The third-order valence-corrected chi connectivity index (χ3v) is 5.44. The fraction of sp³-hybridized carbons (Fsp3) is 0.375. The van der Waals surface area contributed by atoms with Gasteiger partial charge in [-0.2, -0.15) is 0 Å². The van der Waals surface area contributed by atoms with Crippen LogP contribution in [-0.2, 0) is 10.0 Å². The zero-order valence-electron chi connectivity index (χ0n) is 11.8. The molecule has 0 aliphatic heterocycles. The molecule has 1 unspecified atom stereocenters. The van der Waals surface area contributed by atoms with Gasteiger partial charge in [-0.1, -0.05) is 36.4 Å². The molecule has 5 heteroatoms. The summed E-state index contributed by atoms with van der Waals surface area (Å²) < 4.78 is 27.0. The van der Waals surface area contributed by atoms with Gasteiger partial charge in [0, 0.05) is 6.54 Å². The van der Waals surface area contributed by atoms with E-state index < -0.39 is 10.0 Å². The van der Waals surface area contributed by atoms with E-state index in [1.54, 1.807) is 0 Å². The molecule has 0 radical (unpaired) electrons. The first-order chi connectivity index (χ1) is 10.1. The fourth-order valence-corrected chi connectivity index (χ4v) is 4.25. The second-order valence-electron chi connectivity index (χ2n) is 5.74. The third-order valence-electron chi connectivity index (χ3n) is 3.89. The van der Waals surface area contributed by atoms with Gasteiger partial charge in [0.05, 0.1) is 11.8 Å². The van der Waals surface area contributed by atoms with Crippen LogP contribution < -0.4 is 10.5 Å². The first-order valence-corrected chi connectivity index (χ1v) is 8.91. The molecule has 3 N–H and O–H groups in total. The first-order valence-electron chi connectivity index (χ1n) is 7.26. The molecule has 2 aromatic rings. The molecule has 1 saturated carbocycles. The molecule has 1 aliphatic carbocycles. The molecule has 0 saturated heterocycles. The van der Waals surface area contributed by atoms with Gasteiger partial charge in [-0.15, -0.1) is 0 Å². The Hall–Kier alpha value is -1.43. The van der Waals surface area contributed by atoms with Crippen LogP contribution in [0.15, 0.2) is 42.5 Å². The topological polar surface area (TPSA) is 72.2 Å². The molecule has 0 aromatic heterocycles. The minimum atomic E-state index is -3.26. The molecule has 0 heterocycles. The number of rotatable bonds is 6. The molecule has 21 heavy (non-hydrogen) atoms. The van der Waals surface area contributed by atoms with Crippen molar-refractivity contribution in [1.82, 2.24) is 4.72 Å². The van der Waals surface area contributed by atoms with Crippen molar-refractivity contribution in [2.24, 2.45) is 11.7 Å². The van der Waals surface area contributed by atoms with E-state index in [4.69, 9.17) is 5.73 Å². The highest BCUT2D eigenvalue weighted by Gasteiger charge is 2.29. The lowest BCUT2D eigenvalue weighted by atomic mass is 10.0. The Morgan fingerprint density at radius 3 is 2.52 bits per heavy atom. The number of nitrogens with two attached hydrogens (primary N) is 1. The highest BCUT2D eigenvalue weighted by Crippen LogP contribution is 2.30. The normalized spacial score (nSPS) is 17.0. The summed E-state index contributed by atoms with van der Waals surface area (Å²) in [5, 5.41) is 2.23. The Morgan fingerprint density at radius 1 is 1.14 bits per heavy atom. The van der Waals surface area contributed by atoms with Crippen LogP contribution in [0.4, 0.5) is 0 Å². The number of sulfonamides is 1. The largest absolute Gasteiger partial charge is 0.329 e. The van der Waals surface area contributed by atoms with Crippen LogP contribution in [0.2, 0.25) is 0 Å². The van der Waals surface area contributed by atoms with E-state index in [1.165, 1.54) is 0 Å². The van der Waals surface area contributed by atoms with Crippen molar-refractivity contribution < 1.29 is 8.42 Å². The van der Waals surface area contributed by atoms with Crippen LogP contribution in [0.25, 0.3) is 10.8 Å². The lowest BCUT2D eigenvalue weighted by Gasteiger charge is -2.18. The predicted octanol–water partition coefficient (Wildman–Crippen LogP) is 2.17. The lowest BCUT2D eigenvalue weighted by Crippen LogP contribution is -2.35. The van der Waals surface area contributed by atoms with Gasteiger partial charge in [0.1, 0.15) is 0 Å². The first kappa shape index (κ1) is 14.5. The highest BCUT2D eigenvalue weighted by atomic mass is 32.2. The van der Waals surface area contributed by atoms with Gasteiger partial charge in [0.25, 0.3) is 0 Å². The zero-order valence-corrected chi connectivity index (χ0v) is 12.6. The number of benzene rings is 2. The Kier molecular flexibility index (Phi) is 3.97. The monoisotopic (exact) mass is 304 g/mol. The van der Waals surface area contributed by atoms with E-state index >= 15 is 0 Å². The van der Waals surface area contributed by atoms with Crippen molar-refractivity contribution in [2.75, 3.05) is 12.3 Å². The van der Waals surface area contributed by atoms with Crippen molar-refractivity contribution >= 4 is 20.8 Å². The molecule has 2 aromatic carbocycles. The Morgan fingerprint density at radius 2 is 1.86 bits per heavy atom. The predicted molar refractivity (Wildman–Crippen MR) is 85.4 cm³/mol. The van der Waals surface area contributed by atoms with Crippen LogP contribution in [0.5, 0.6) is 0 Å². The molecular formula is C16H20N2O2S. The van der Waals surface area contributed by atoms with Gasteiger partial charge in [-0.25, -0.2) is 13.1 Å². The Balaban J connectivity index is 1.83. The maximum Gasteiger partial charge on any atom is 0.212 e. The minimum absolute atomic E-state index is 0.219. The van der Waals surface area contributed by atoms with E-state index in [2.05, 4.69) is 4.72 Å². The fourth-order valence-electron chi connectivity index (χ4n) is 2.54. The van der Waals surface area contributed by atoms with Gasteiger partial charge in [-0.05, 0) is 41.2 Å². The zero-order chi connectivity index (χ0) is 14.9. The Bertz CT molecular complexity index is 739. The highest BCUT2D eigenvalue weighted by molar-refractivity contribution is 7.89. The average molecular weight is 304 g/mol. The summed E-state index contributed by atoms with van der Waals surface area (Å²) in [7, 11) is -3.26. The van der Waals surface area contributed by atoms with Gasteiger partial charge in [0.2, 0.25) is 10.0 Å². The van der Waals surface area contributed by atoms with Crippen molar-refractivity contribution in [3.63, 3.8) is 0 Å². The van der Waals surface area contributed by atoms with Crippen molar-refractivity contribution in [3.8, 4) is 0 Å². The summed E-state index contributed by atoms with van der Waals surface area (Å²) in [5.41, 5.74) is 6.69. The van der Waals surface area contributed by atoms with Gasteiger partial charge in [0.15, 0.2) is 0 Å². The van der Waals surface area contributed by atoms with E-state index in [0.717, 1.165) is 29.2 Å². The molecule has 112 valence electrons. The summed E-state index contributed by atoms with van der Waals surface area (Å²) in [5.74, 6) is 0.550. The van der Waals surface area contributed by atoms with Crippen molar-refractivity contribution in [1.29, 1.82) is 0 Å². The number of hydrogen-bond donors (Lipinski definition) is 2. The van der Waals surface area contributed by atoms with Crippen LogP contribution in [0, 0.1) is 5.92 Å². The van der Waals surface area contributed by atoms with Gasteiger partial charge in [-0.3, -0.25) is 0 Å². The summed E-state index contributed by atoms with van der Waals surface area (Å²) >= 11 is 0. The number of nitrogens with one attached hydrogen (secondary N) is 1. The van der Waals surface area contributed by atoms with Crippen LogP contribution in [0.3, 0.4) is 0 Å². The van der Waals surface area contributed by atoms with Crippen LogP contribution in [0.1, 0.15) is 24.4 Å².